The summed E-state index contributed by atoms with van der Waals surface area (Å²) in [5.74, 6) is 0.620. The lowest BCUT2D eigenvalue weighted by atomic mass is 10.1. The molecular weight excluding hydrogens is 290 g/mol. The van der Waals surface area contributed by atoms with Crippen LogP contribution in [0.3, 0.4) is 0 Å². The van der Waals surface area contributed by atoms with E-state index >= 15 is 0 Å². The normalized spacial score (nSPS) is 17.7. The summed E-state index contributed by atoms with van der Waals surface area (Å²) in [5.41, 5.74) is 0. The molecule has 1 aliphatic rings. The number of amides is 1. The third-order valence-electron chi connectivity index (χ3n) is 4.73. The number of carbonyl (C=O) groups is 2. The number of methoxy groups -OCH3 is 1. The van der Waals surface area contributed by atoms with E-state index in [1.165, 1.54) is 32.1 Å². The standard InChI is InChI=1S/C19H35NO3/c1-17(21)12-9-7-5-3-4-6-8-10-14-19(22)20-15-11-13-18(20)16-23-2/h18H,3-16H2,1-2H3. The van der Waals surface area contributed by atoms with Crippen molar-refractivity contribution in [2.24, 2.45) is 0 Å². The van der Waals surface area contributed by atoms with Gasteiger partial charge >= 0.3 is 0 Å². The molecule has 4 nitrogen and oxygen atoms in total. The van der Waals surface area contributed by atoms with Gasteiger partial charge in [-0.25, -0.2) is 0 Å². The molecule has 0 aromatic rings. The SMILES string of the molecule is COCC1CCCN1C(=O)CCCCCCCCCCC(C)=O. The van der Waals surface area contributed by atoms with Crippen molar-refractivity contribution >= 4 is 11.7 Å². The van der Waals surface area contributed by atoms with Gasteiger partial charge < -0.3 is 14.4 Å². The summed E-state index contributed by atoms with van der Waals surface area (Å²) in [5, 5.41) is 0. The molecule has 0 N–H and O–H groups in total. The maximum absolute atomic E-state index is 12.2. The predicted octanol–water partition coefficient (Wildman–Crippen LogP) is 4.11. The molecule has 0 saturated carbocycles. The van der Waals surface area contributed by atoms with Crippen molar-refractivity contribution in [3.05, 3.63) is 0 Å². The minimum Gasteiger partial charge on any atom is -0.383 e. The number of hydrogen-bond donors (Lipinski definition) is 0. The Labute approximate surface area is 141 Å². The second kappa shape index (κ2) is 12.5. The van der Waals surface area contributed by atoms with Gasteiger partial charge in [0.25, 0.3) is 0 Å². The average Bonchev–Trinajstić information content (AvgIpc) is 2.97. The van der Waals surface area contributed by atoms with Gasteiger partial charge in [-0.1, -0.05) is 38.5 Å². The molecule has 134 valence electrons. The molecule has 1 atom stereocenters. The first-order valence-corrected chi connectivity index (χ1v) is 9.43. The lowest BCUT2D eigenvalue weighted by molar-refractivity contribution is -0.133. The summed E-state index contributed by atoms with van der Waals surface area (Å²) in [6, 6.07) is 0.308. The molecule has 0 aliphatic carbocycles. The molecule has 0 aromatic heterocycles. The van der Waals surface area contributed by atoms with Crippen LogP contribution < -0.4 is 0 Å². The second-order valence-corrected chi connectivity index (χ2v) is 6.87. The molecule has 0 bridgehead atoms. The molecule has 1 saturated heterocycles. The fourth-order valence-electron chi connectivity index (χ4n) is 3.38. The minimum absolute atomic E-state index is 0.306. The highest BCUT2D eigenvalue weighted by Crippen LogP contribution is 2.19. The molecular formula is C19H35NO3. The van der Waals surface area contributed by atoms with Gasteiger partial charge in [-0.2, -0.15) is 0 Å². The van der Waals surface area contributed by atoms with Crippen LogP contribution in [0.15, 0.2) is 0 Å². The van der Waals surface area contributed by atoms with Crippen LogP contribution in [-0.2, 0) is 14.3 Å². The smallest absolute Gasteiger partial charge is 0.222 e. The zero-order valence-corrected chi connectivity index (χ0v) is 15.1. The first-order chi connectivity index (χ1) is 11.1. The third-order valence-corrected chi connectivity index (χ3v) is 4.73. The number of ketones is 1. The fourth-order valence-corrected chi connectivity index (χ4v) is 3.38. The van der Waals surface area contributed by atoms with Crippen molar-refractivity contribution in [1.82, 2.24) is 4.90 Å². The Hall–Kier alpha value is -0.900. The molecule has 4 heteroatoms. The van der Waals surface area contributed by atoms with Crippen molar-refractivity contribution in [2.45, 2.75) is 90.0 Å². The van der Waals surface area contributed by atoms with Crippen LogP contribution in [0.5, 0.6) is 0 Å². The molecule has 1 heterocycles. The van der Waals surface area contributed by atoms with Crippen molar-refractivity contribution in [2.75, 3.05) is 20.3 Å². The average molecular weight is 325 g/mol. The highest BCUT2D eigenvalue weighted by molar-refractivity contribution is 5.76. The monoisotopic (exact) mass is 325 g/mol. The largest absolute Gasteiger partial charge is 0.383 e. The van der Waals surface area contributed by atoms with Crippen molar-refractivity contribution in [1.29, 1.82) is 0 Å². The maximum atomic E-state index is 12.2. The first-order valence-electron chi connectivity index (χ1n) is 9.43. The van der Waals surface area contributed by atoms with E-state index in [4.69, 9.17) is 4.74 Å². The second-order valence-electron chi connectivity index (χ2n) is 6.87. The van der Waals surface area contributed by atoms with Crippen LogP contribution >= 0.6 is 0 Å². The Kier molecular flexibility index (Phi) is 11.0. The van der Waals surface area contributed by atoms with Gasteiger partial charge in [0, 0.05) is 26.5 Å². The van der Waals surface area contributed by atoms with E-state index in [0.29, 0.717) is 30.8 Å². The Morgan fingerprint density at radius 1 is 0.957 bits per heavy atom. The summed E-state index contributed by atoms with van der Waals surface area (Å²) in [6.45, 7) is 3.25. The van der Waals surface area contributed by atoms with Gasteiger partial charge in [0.15, 0.2) is 0 Å². The molecule has 0 aromatic carbocycles. The summed E-state index contributed by atoms with van der Waals surface area (Å²) < 4.78 is 5.20. The first kappa shape index (κ1) is 20.1. The zero-order chi connectivity index (χ0) is 16.9. The van der Waals surface area contributed by atoms with Crippen LogP contribution in [0.1, 0.15) is 84.0 Å². The molecule has 1 aliphatic heterocycles. The number of Topliss-reactive ketones (excluding diaryl/α,β-unsaturated/α-hetero) is 1. The number of ether oxygens (including phenoxy) is 1. The summed E-state index contributed by atoms with van der Waals surface area (Å²) in [7, 11) is 1.71. The van der Waals surface area contributed by atoms with Crippen LogP contribution in [0.2, 0.25) is 0 Å². The fraction of sp³-hybridized carbons (Fsp3) is 0.895. The van der Waals surface area contributed by atoms with E-state index in [0.717, 1.165) is 45.1 Å². The van der Waals surface area contributed by atoms with Gasteiger partial charge in [-0.15, -0.1) is 0 Å². The van der Waals surface area contributed by atoms with Crippen LogP contribution in [0.25, 0.3) is 0 Å². The number of likely N-dealkylation sites (tertiary alicyclic amines) is 1. The molecule has 23 heavy (non-hydrogen) atoms. The number of hydrogen-bond acceptors (Lipinski definition) is 3. The zero-order valence-electron chi connectivity index (χ0n) is 15.1. The van der Waals surface area contributed by atoms with E-state index in [1.807, 2.05) is 4.90 Å². The quantitative estimate of drug-likeness (QED) is 0.479. The number of unbranched alkanes of at least 4 members (excludes halogenated alkanes) is 7. The number of nitrogens with zero attached hydrogens (tertiary/aromatic N) is 1. The van der Waals surface area contributed by atoms with E-state index in [1.54, 1.807) is 14.0 Å². The molecule has 0 spiro atoms. The molecule has 1 unspecified atom stereocenters. The maximum Gasteiger partial charge on any atom is 0.222 e. The summed E-state index contributed by atoms with van der Waals surface area (Å²) in [4.78, 5) is 25.1. The molecule has 0 radical (unpaired) electrons. The van der Waals surface area contributed by atoms with Crippen LogP contribution in [-0.4, -0.2) is 42.9 Å². The third kappa shape index (κ3) is 9.09. The minimum atomic E-state index is 0.306. The predicted molar refractivity (Wildman–Crippen MR) is 93.5 cm³/mol. The summed E-state index contributed by atoms with van der Waals surface area (Å²) >= 11 is 0. The van der Waals surface area contributed by atoms with Gasteiger partial charge in [0.2, 0.25) is 5.91 Å². The summed E-state index contributed by atoms with van der Waals surface area (Å²) in [6.07, 6.45) is 13.0. The lowest BCUT2D eigenvalue weighted by Gasteiger charge is -2.24. The highest BCUT2D eigenvalue weighted by atomic mass is 16.5. The lowest BCUT2D eigenvalue weighted by Crippen LogP contribution is -2.37. The number of rotatable bonds is 13. The van der Waals surface area contributed by atoms with E-state index in [-0.39, 0.29) is 0 Å². The van der Waals surface area contributed by atoms with Crippen LogP contribution in [0, 0.1) is 0 Å². The highest BCUT2D eigenvalue weighted by Gasteiger charge is 2.27. The number of carbonyl (C=O) groups excluding carboxylic acids is 2. The Morgan fingerprint density at radius 3 is 2.09 bits per heavy atom. The molecule has 1 fully saturated rings. The topological polar surface area (TPSA) is 46.6 Å². The Balaban J connectivity index is 1.94. The van der Waals surface area contributed by atoms with Gasteiger partial charge in [-0.05, 0) is 32.6 Å². The van der Waals surface area contributed by atoms with Gasteiger partial charge in [0.1, 0.15) is 5.78 Å². The van der Waals surface area contributed by atoms with Crippen molar-refractivity contribution in [3.63, 3.8) is 0 Å². The molecule has 1 amide bonds. The van der Waals surface area contributed by atoms with Crippen LogP contribution in [0.4, 0.5) is 0 Å². The van der Waals surface area contributed by atoms with E-state index in [9.17, 15) is 9.59 Å². The van der Waals surface area contributed by atoms with E-state index < -0.39 is 0 Å². The Morgan fingerprint density at radius 2 is 1.52 bits per heavy atom. The van der Waals surface area contributed by atoms with Crippen molar-refractivity contribution < 1.29 is 14.3 Å². The van der Waals surface area contributed by atoms with Gasteiger partial charge in [0.05, 0.1) is 12.6 Å². The van der Waals surface area contributed by atoms with Crippen molar-refractivity contribution in [3.8, 4) is 0 Å². The van der Waals surface area contributed by atoms with Gasteiger partial charge in [-0.3, -0.25) is 4.79 Å². The Bertz CT molecular complexity index is 344. The van der Waals surface area contributed by atoms with E-state index in [2.05, 4.69) is 0 Å². The molecule has 1 rings (SSSR count).